The van der Waals surface area contributed by atoms with Crippen LogP contribution in [0, 0.1) is 5.92 Å². The summed E-state index contributed by atoms with van der Waals surface area (Å²) >= 11 is 0. The molecule has 1 heterocycles. The van der Waals surface area contributed by atoms with E-state index in [2.05, 4.69) is 16.3 Å². The van der Waals surface area contributed by atoms with Crippen LogP contribution in [0.5, 0.6) is 0 Å². The number of aromatic nitrogens is 2. The average Bonchev–Trinajstić information content (AvgIpc) is 2.61. The molecule has 6 heteroatoms. The maximum atomic E-state index is 11.5. The molecule has 5 nitrogen and oxygen atoms in total. The van der Waals surface area contributed by atoms with E-state index in [0.717, 1.165) is 5.41 Å². The molecule has 1 atom stereocenters. The Morgan fingerprint density at radius 3 is 2.56 bits per heavy atom. The fourth-order valence-corrected chi connectivity index (χ4v) is 2.22. The lowest BCUT2D eigenvalue weighted by Crippen LogP contribution is -2.32. The zero-order chi connectivity index (χ0) is 12.3. The molecule has 1 N–H and O–H groups in total. The first-order valence-corrected chi connectivity index (χ1v) is 6.54. The minimum atomic E-state index is -3.45. The second kappa shape index (κ2) is 4.80. The Bertz CT molecular complexity index is 462. The number of nitrogens with zero attached hydrogens (tertiary/aromatic N) is 2. The number of aryl methyl sites for hydroxylation is 1. The zero-order valence-electron chi connectivity index (χ0n) is 9.71. The van der Waals surface area contributed by atoms with E-state index >= 15 is 0 Å². The predicted octanol–water partition coefficient (Wildman–Crippen LogP) is 1.18. The number of imidazole rings is 1. The van der Waals surface area contributed by atoms with Crippen LogP contribution < -0.4 is 4.72 Å². The highest BCUT2D eigenvalue weighted by atomic mass is 32.2. The Balaban J connectivity index is 3.03. The lowest BCUT2D eigenvalue weighted by molar-refractivity contribution is 0.437. The molecule has 0 aliphatic heterocycles. The monoisotopic (exact) mass is 243 g/mol. The van der Waals surface area contributed by atoms with Gasteiger partial charge in [0.15, 0.2) is 0 Å². The van der Waals surface area contributed by atoms with Crippen LogP contribution in [0.25, 0.3) is 0 Å². The van der Waals surface area contributed by atoms with Crippen molar-refractivity contribution in [2.24, 2.45) is 13.0 Å². The summed E-state index contributed by atoms with van der Waals surface area (Å²) < 4.78 is 27.3. The molecule has 0 aliphatic carbocycles. The molecule has 0 saturated heterocycles. The van der Waals surface area contributed by atoms with Gasteiger partial charge in [0, 0.05) is 24.8 Å². The van der Waals surface area contributed by atoms with Crippen LogP contribution in [0.3, 0.4) is 0 Å². The molecule has 1 rings (SSSR count). The molecule has 0 spiro atoms. The zero-order valence-corrected chi connectivity index (χ0v) is 10.5. The van der Waals surface area contributed by atoms with Crippen LogP contribution in [-0.4, -0.2) is 18.0 Å². The van der Waals surface area contributed by atoms with Gasteiger partial charge in [-0.25, -0.2) is 18.1 Å². The summed E-state index contributed by atoms with van der Waals surface area (Å²) in [4.78, 5) is 4.16. The van der Waals surface area contributed by atoms with E-state index < -0.39 is 10.0 Å². The lowest BCUT2D eigenvalue weighted by Gasteiger charge is -2.20. The number of sulfonamides is 1. The summed E-state index contributed by atoms with van der Waals surface area (Å²) in [6.45, 7) is 7.14. The highest BCUT2D eigenvalue weighted by molar-refractivity contribution is 7.92. The molecule has 0 saturated carbocycles. The van der Waals surface area contributed by atoms with E-state index in [1.165, 1.54) is 0 Å². The average molecular weight is 243 g/mol. The minimum absolute atomic E-state index is 0.107. The van der Waals surface area contributed by atoms with E-state index in [-0.39, 0.29) is 12.0 Å². The van der Waals surface area contributed by atoms with Crippen molar-refractivity contribution in [3.8, 4) is 0 Å². The summed E-state index contributed by atoms with van der Waals surface area (Å²) in [5, 5.41) is 0.908. The Kier molecular flexibility index (Phi) is 3.88. The molecule has 1 aromatic rings. The molecule has 0 aliphatic rings. The summed E-state index contributed by atoms with van der Waals surface area (Å²) in [5.74, 6) is 0.802. The predicted molar refractivity (Wildman–Crippen MR) is 63.0 cm³/mol. The quantitative estimate of drug-likeness (QED) is 0.844. The van der Waals surface area contributed by atoms with Crippen LogP contribution in [0.1, 0.15) is 25.7 Å². The van der Waals surface area contributed by atoms with Crippen molar-refractivity contribution in [3.05, 3.63) is 30.2 Å². The van der Waals surface area contributed by atoms with E-state index in [1.807, 2.05) is 20.9 Å². The summed E-state index contributed by atoms with van der Waals surface area (Å²) in [7, 11) is -1.61. The number of hydrogen-bond donors (Lipinski definition) is 1. The van der Waals surface area contributed by atoms with Gasteiger partial charge < -0.3 is 4.57 Å². The van der Waals surface area contributed by atoms with Crippen LogP contribution >= 0.6 is 0 Å². The van der Waals surface area contributed by atoms with Crippen molar-refractivity contribution in [2.75, 3.05) is 0 Å². The van der Waals surface area contributed by atoms with Gasteiger partial charge in [0.05, 0.1) is 6.04 Å². The van der Waals surface area contributed by atoms with E-state index in [9.17, 15) is 8.42 Å². The van der Waals surface area contributed by atoms with Gasteiger partial charge in [0.1, 0.15) is 5.82 Å². The standard InChI is InChI=1S/C10H17N3O2S/c1-5-16(14,15)12-9(8(2)3)10-11-6-7-13(10)4/h5-9,12H,1H2,2-4H3. The van der Waals surface area contributed by atoms with Gasteiger partial charge in [-0.2, -0.15) is 0 Å². The lowest BCUT2D eigenvalue weighted by atomic mass is 10.1. The van der Waals surface area contributed by atoms with Gasteiger partial charge in [-0.15, -0.1) is 0 Å². The molecule has 0 aromatic carbocycles. The van der Waals surface area contributed by atoms with Crippen molar-refractivity contribution in [3.63, 3.8) is 0 Å². The van der Waals surface area contributed by atoms with E-state index in [0.29, 0.717) is 5.82 Å². The molecular weight excluding hydrogens is 226 g/mol. The van der Waals surface area contributed by atoms with Crippen molar-refractivity contribution in [1.82, 2.24) is 14.3 Å². The molecule has 0 radical (unpaired) electrons. The van der Waals surface area contributed by atoms with Crippen molar-refractivity contribution < 1.29 is 8.42 Å². The molecule has 0 amide bonds. The summed E-state index contributed by atoms with van der Waals surface area (Å²) in [5.41, 5.74) is 0. The van der Waals surface area contributed by atoms with Gasteiger partial charge in [-0.1, -0.05) is 20.4 Å². The Morgan fingerprint density at radius 2 is 2.19 bits per heavy atom. The first-order valence-electron chi connectivity index (χ1n) is 4.99. The van der Waals surface area contributed by atoms with Crippen LogP contribution in [0.15, 0.2) is 24.4 Å². The fourth-order valence-electron chi connectivity index (χ4n) is 1.39. The Labute approximate surface area is 96.2 Å². The molecular formula is C10H17N3O2S. The van der Waals surface area contributed by atoms with Gasteiger partial charge in [-0.05, 0) is 5.92 Å². The first kappa shape index (κ1) is 12.9. The van der Waals surface area contributed by atoms with Gasteiger partial charge >= 0.3 is 0 Å². The smallest absolute Gasteiger partial charge is 0.233 e. The summed E-state index contributed by atoms with van der Waals surface area (Å²) in [6, 6.07) is -0.344. The third-order valence-corrected chi connectivity index (χ3v) is 3.34. The largest absolute Gasteiger partial charge is 0.337 e. The molecule has 16 heavy (non-hydrogen) atoms. The topological polar surface area (TPSA) is 64.0 Å². The van der Waals surface area contributed by atoms with E-state index in [4.69, 9.17) is 0 Å². The van der Waals surface area contributed by atoms with Gasteiger partial charge in [0.2, 0.25) is 10.0 Å². The van der Waals surface area contributed by atoms with Gasteiger partial charge in [-0.3, -0.25) is 0 Å². The van der Waals surface area contributed by atoms with Crippen molar-refractivity contribution in [2.45, 2.75) is 19.9 Å². The van der Waals surface area contributed by atoms with Crippen molar-refractivity contribution >= 4 is 10.0 Å². The first-order chi connectivity index (χ1) is 7.37. The third-order valence-electron chi connectivity index (χ3n) is 2.31. The summed E-state index contributed by atoms with van der Waals surface area (Å²) in [6.07, 6.45) is 3.43. The number of hydrogen-bond acceptors (Lipinski definition) is 3. The Morgan fingerprint density at radius 1 is 1.56 bits per heavy atom. The van der Waals surface area contributed by atoms with Crippen molar-refractivity contribution in [1.29, 1.82) is 0 Å². The maximum Gasteiger partial charge on any atom is 0.233 e. The number of rotatable bonds is 5. The second-order valence-electron chi connectivity index (χ2n) is 3.95. The molecule has 0 fully saturated rings. The molecule has 1 unspecified atom stereocenters. The minimum Gasteiger partial charge on any atom is -0.337 e. The highest BCUT2D eigenvalue weighted by Gasteiger charge is 2.23. The van der Waals surface area contributed by atoms with Gasteiger partial charge in [0.25, 0.3) is 0 Å². The molecule has 0 bridgehead atoms. The van der Waals surface area contributed by atoms with Crippen LogP contribution in [0.4, 0.5) is 0 Å². The SMILES string of the molecule is C=CS(=O)(=O)NC(c1nccn1C)C(C)C. The Hall–Kier alpha value is -1.14. The normalized spacial score (nSPS) is 14.0. The van der Waals surface area contributed by atoms with Crippen LogP contribution in [0.2, 0.25) is 0 Å². The highest BCUT2D eigenvalue weighted by Crippen LogP contribution is 2.20. The maximum absolute atomic E-state index is 11.5. The second-order valence-corrected chi connectivity index (χ2v) is 5.61. The third kappa shape index (κ3) is 2.93. The molecule has 1 aromatic heterocycles. The number of nitrogens with one attached hydrogen (secondary N) is 1. The van der Waals surface area contributed by atoms with Crippen LogP contribution in [-0.2, 0) is 17.1 Å². The molecule has 90 valence electrons. The fraction of sp³-hybridized carbons (Fsp3) is 0.500. The van der Waals surface area contributed by atoms with E-state index in [1.54, 1.807) is 17.0 Å².